The topological polar surface area (TPSA) is 55.4 Å². The van der Waals surface area contributed by atoms with Crippen LogP contribution in [0.2, 0.25) is 0 Å². The molecule has 0 aliphatic carbocycles. The van der Waals surface area contributed by atoms with Crippen LogP contribution in [0.3, 0.4) is 0 Å². The van der Waals surface area contributed by atoms with Gasteiger partial charge in [-0.2, -0.15) is 0 Å². The van der Waals surface area contributed by atoms with Crippen LogP contribution >= 0.6 is 11.6 Å². The van der Waals surface area contributed by atoms with Gasteiger partial charge in [0.25, 0.3) is 5.91 Å². The molecule has 92 valence electrons. The second-order valence-corrected chi connectivity index (χ2v) is 3.87. The van der Waals surface area contributed by atoms with Crippen LogP contribution in [0.5, 0.6) is 5.75 Å². The summed E-state index contributed by atoms with van der Waals surface area (Å²) >= 11 is 5.18. The maximum absolute atomic E-state index is 11.7. The quantitative estimate of drug-likeness (QED) is 0.625. The zero-order chi connectivity index (χ0) is 12.7. The van der Waals surface area contributed by atoms with Gasteiger partial charge in [-0.3, -0.25) is 9.59 Å². The number of ether oxygens (including phenoxy) is 1. The van der Waals surface area contributed by atoms with Crippen LogP contribution < -0.4 is 10.1 Å². The first-order valence-corrected chi connectivity index (χ1v) is 5.62. The molecule has 1 N–H and O–H groups in total. The van der Waals surface area contributed by atoms with Crippen LogP contribution in [0, 0.1) is 0 Å². The maximum atomic E-state index is 11.7. The fraction of sp³-hybridized carbons (Fsp3) is 0.333. The Morgan fingerprint density at radius 2 is 2.18 bits per heavy atom. The van der Waals surface area contributed by atoms with Gasteiger partial charge in [0, 0.05) is 18.5 Å². The molecule has 0 unspecified atom stereocenters. The van der Waals surface area contributed by atoms with E-state index in [1.54, 1.807) is 31.4 Å². The van der Waals surface area contributed by atoms with Crippen LogP contribution in [-0.2, 0) is 4.79 Å². The molecular weight excluding hydrogens is 242 g/mol. The average Bonchev–Trinajstić information content (AvgIpc) is 2.34. The summed E-state index contributed by atoms with van der Waals surface area (Å²) in [6.45, 7) is 0.425. The van der Waals surface area contributed by atoms with Gasteiger partial charge in [0.15, 0.2) is 0 Å². The van der Waals surface area contributed by atoms with Crippen molar-refractivity contribution in [2.24, 2.45) is 0 Å². The van der Waals surface area contributed by atoms with E-state index in [0.717, 1.165) is 0 Å². The number of carbonyl (C=O) groups excluding carboxylic acids is 2. The highest BCUT2D eigenvalue weighted by Gasteiger charge is 2.05. The lowest BCUT2D eigenvalue weighted by atomic mass is 10.2. The maximum Gasteiger partial charge on any atom is 0.251 e. The molecule has 0 bridgehead atoms. The fourth-order valence-electron chi connectivity index (χ4n) is 1.30. The smallest absolute Gasteiger partial charge is 0.251 e. The molecule has 0 aliphatic heterocycles. The third kappa shape index (κ3) is 4.87. The highest BCUT2D eigenvalue weighted by molar-refractivity contribution is 6.63. The molecule has 0 aromatic heterocycles. The molecule has 0 heterocycles. The van der Waals surface area contributed by atoms with E-state index in [-0.39, 0.29) is 17.6 Å². The third-order valence-corrected chi connectivity index (χ3v) is 2.36. The fourth-order valence-corrected chi connectivity index (χ4v) is 1.43. The van der Waals surface area contributed by atoms with Gasteiger partial charge in [-0.15, -0.1) is 0 Å². The first-order chi connectivity index (χ1) is 8.13. The molecule has 0 aliphatic rings. The Morgan fingerprint density at radius 3 is 2.82 bits per heavy atom. The first-order valence-electron chi connectivity index (χ1n) is 5.24. The van der Waals surface area contributed by atoms with Gasteiger partial charge in [-0.25, -0.2) is 0 Å². The van der Waals surface area contributed by atoms with E-state index < -0.39 is 0 Å². The minimum Gasteiger partial charge on any atom is -0.497 e. The molecule has 4 nitrogen and oxygen atoms in total. The number of hydrogen-bond acceptors (Lipinski definition) is 3. The number of hydrogen-bond donors (Lipinski definition) is 1. The van der Waals surface area contributed by atoms with E-state index >= 15 is 0 Å². The van der Waals surface area contributed by atoms with E-state index in [1.807, 2.05) is 0 Å². The molecule has 1 rings (SSSR count). The van der Waals surface area contributed by atoms with E-state index in [4.69, 9.17) is 16.3 Å². The van der Waals surface area contributed by atoms with E-state index in [0.29, 0.717) is 24.3 Å². The molecular formula is C12H14ClNO3. The van der Waals surface area contributed by atoms with Crippen LogP contribution in [0.4, 0.5) is 0 Å². The first kappa shape index (κ1) is 13.5. The molecule has 0 fully saturated rings. The normalized spacial score (nSPS) is 9.76. The monoisotopic (exact) mass is 255 g/mol. The summed E-state index contributed by atoms with van der Waals surface area (Å²) in [5.74, 6) is 0.444. The van der Waals surface area contributed by atoms with Crippen molar-refractivity contribution < 1.29 is 14.3 Å². The zero-order valence-electron chi connectivity index (χ0n) is 9.53. The summed E-state index contributed by atoms with van der Waals surface area (Å²) in [4.78, 5) is 22.2. The summed E-state index contributed by atoms with van der Waals surface area (Å²) in [5.41, 5.74) is 0.529. The van der Waals surface area contributed by atoms with Crippen molar-refractivity contribution >= 4 is 22.8 Å². The van der Waals surface area contributed by atoms with Gasteiger partial charge in [0.2, 0.25) is 5.24 Å². The molecule has 0 atom stereocenters. The van der Waals surface area contributed by atoms with Crippen molar-refractivity contribution in [3.8, 4) is 5.75 Å². The third-order valence-electron chi connectivity index (χ3n) is 2.17. The number of amides is 1. The lowest BCUT2D eigenvalue weighted by Crippen LogP contribution is -2.24. The van der Waals surface area contributed by atoms with Crippen LogP contribution in [-0.4, -0.2) is 24.8 Å². The molecule has 0 saturated carbocycles. The summed E-state index contributed by atoms with van der Waals surface area (Å²) in [6.07, 6.45) is 0.804. The second-order valence-electron chi connectivity index (χ2n) is 3.45. The van der Waals surface area contributed by atoms with E-state index in [2.05, 4.69) is 5.32 Å². The van der Waals surface area contributed by atoms with Crippen LogP contribution in [0.15, 0.2) is 24.3 Å². The van der Waals surface area contributed by atoms with Crippen LogP contribution in [0.1, 0.15) is 23.2 Å². The van der Waals surface area contributed by atoms with Crippen LogP contribution in [0.25, 0.3) is 0 Å². The SMILES string of the molecule is COc1cccc(C(=O)NCCCC(=O)Cl)c1. The Morgan fingerprint density at radius 1 is 1.41 bits per heavy atom. The lowest BCUT2D eigenvalue weighted by Gasteiger charge is -2.05. The number of rotatable bonds is 6. The zero-order valence-corrected chi connectivity index (χ0v) is 10.3. The van der Waals surface area contributed by atoms with E-state index in [1.165, 1.54) is 0 Å². The summed E-state index contributed by atoms with van der Waals surface area (Å²) in [7, 11) is 1.54. The summed E-state index contributed by atoms with van der Waals surface area (Å²) in [5, 5.41) is 2.31. The lowest BCUT2D eigenvalue weighted by molar-refractivity contribution is -0.111. The Labute approximate surface area is 105 Å². The van der Waals surface area contributed by atoms with Gasteiger partial charge in [0.1, 0.15) is 5.75 Å². The number of benzene rings is 1. The minimum absolute atomic E-state index is 0.189. The molecule has 0 radical (unpaired) electrons. The van der Waals surface area contributed by atoms with Crippen molar-refractivity contribution in [2.75, 3.05) is 13.7 Å². The molecule has 1 aromatic rings. The van der Waals surface area contributed by atoms with Gasteiger partial charge in [-0.05, 0) is 36.2 Å². The number of methoxy groups -OCH3 is 1. The van der Waals surface area contributed by atoms with Crippen molar-refractivity contribution in [2.45, 2.75) is 12.8 Å². The highest BCUT2D eigenvalue weighted by Crippen LogP contribution is 2.12. The van der Waals surface area contributed by atoms with Gasteiger partial charge < -0.3 is 10.1 Å². The minimum atomic E-state index is -0.388. The van der Waals surface area contributed by atoms with Crippen molar-refractivity contribution in [1.29, 1.82) is 0 Å². The Kier molecular flexibility index (Phi) is 5.49. The number of nitrogens with one attached hydrogen (secondary N) is 1. The number of carbonyl (C=O) groups is 2. The predicted octanol–water partition coefficient (Wildman–Crippen LogP) is 1.97. The summed E-state index contributed by atoms with van der Waals surface area (Å²) < 4.78 is 5.02. The van der Waals surface area contributed by atoms with Gasteiger partial charge in [0.05, 0.1) is 7.11 Å². The number of halogens is 1. The van der Waals surface area contributed by atoms with E-state index in [9.17, 15) is 9.59 Å². The Balaban J connectivity index is 2.43. The standard InChI is InChI=1S/C12H14ClNO3/c1-17-10-5-2-4-9(8-10)12(16)14-7-3-6-11(13)15/h2,4-5,8H,3,6-7H2,1H3,(H,14,16). The van der Waals surface area contributed by atoms with Crippen molar-refractivity contribution in [3.63, 3.8) is 0 Å². The molecule has 1 amide bonds. The molecule has 0 saturated heterocycles. The molecule has 17 heavy (non-hydrogen) atoms. The van der Waals surface area contributed by atoms with Crippen molar-refractivity contribution in [1.82, 2.24) is 5.32 Å². The largest absolute Gasteiger partial charge is 0.497 e. The molecule has 5 heteroatoms. The highest BCUT2D eigenvalue weighted by atomic mass is 35.5. The predicted molar refractivity (Wildman–Crippen MR) is 65.4 cm³/mol. The summed E-state index contributed by atoms with van der Waals surface area (Å²) in [6, 6.07) is 6.87. The van der Waals surface area contributed by atoms with Gasteiger partial charge >= 0.3 is 0 Å². The van der Waals surface area contributed by atoms with Crippen molar-refractivity contribution in [3.05, 3.63) is 29.8 Å². The Hall–Kier alpha value is -1.55. The Bertz CT molecular complexity index is 406. The average molecular weight is 256 g/mol. The van der Waals surface area contributed by atoms with Gasteiger partial charge in [-0.1, -0.05) is 6.07 Å². The second kappa shape index (κ2) is 6.91. The molecule has 0 spiro atoms. The molecule has 1 aromatic carbocycles.